The number of carbonyl (C=O) groups excluding carboxylic acids is 3. The second kappa shape index (κ2) is 8.85. The summed E-state index contributed by atoms with van der Waals surface area (Å²) < 4.78 is 0. The molecule has 2 amide bonds. The third-order valence-electron chi connectivity index (χ3n) is 4.27. The fourth-order valence-electron chi connectivity index (χ4n) is 2.80. The fourth-order valence-corrected chi connectivity index (χ4v) is 2.80. The topological polar surface area (TPSA) is 108 Å². The molecule has 1 aliphatic rings. The average Bonchev–Trinajstić information content (AvgIpc) is 2.57. The molecule has 0 spiro atoms. The number of unbranched alkanes of at least 4 members (excludes halogenated alkanes) is 1. The van der Waals surface area contributed by atoms with Gasteiger partial charge < -0.3 is 15.8 Å². The highest BCUT2D eigenvalue weighted by Gasteiger charge is 2.41. The number of hydroxylamine groups is 1. The number of likely N-dealkylation sites (N-methyl/N-ethyl adjacent to an activating group) is 1. The molecule has 0 bridgehead atoms. The molecule has 0 saturated heterocycles. The van der Waals surface area contributed by atoms with Crippen LogP contribution in [0.1, 0.15) is 58.3 Å². The quantitative estimate of drug-likeness (QED) is 0.389. The first-order chi connectivity index (χ1) is 10.5. The molecule has 4 N–H and O–H groups in total. The van der Waals surface area contributed by atoms with E-state index in [2.05, 4.69) is 16.1 Å². The molecule has 7 heteroatoms. The molecule has 1 saturated carbocycles. The standard InChI is InChI=1S/C15H27N3O4/c1-3-4-8-11(12(19)13(20)16-2)17-14(21)15(18-22)9-6-5-7-10-15/h11,18,22H,3-10H2,1-2H3,(H,16,20)(H,17,21)/t11-/m0/s1. The van der Waals surface area contributed by atoms with Gasteiger partial charge in [0.1, 0.15) is 5.54 Å². The predicted octanol–water partition coefficient (Wildman–Crippen LogP) is 0.658. The first kappa shape index (κ1) is 18.6. The largest absolute Gasteiger partial charge is 0.353 e. The van der Waals surface area contributed by atoms with Gasteiger partial charge in [0.15, 0.2) is 0 Å². The smallest absolute Gasteiger partial charge is 0.289 e. The number of rotatable bonds is 8. The Bertz CT molecular complexity index is 406. The minimum atomic E-state index is -1.05. The van der Waals surface area contributed by atoms with Crippen molar-refractivity contribution in [3.63, 3.8) is 0 Å². The van der Waals surface area contributed by atoms with E-state index < -0.39 is 29.2 Å². The Labute approximate surface area is 131 Å². The molecule has 0 radical (unpaired) electrons. The molecular formula is C15H27N3O4. The first-order valence-electron chi connectivity index (χ1n) is 7.99. The maximum atomic E-state index is 12.5. The van der Waals surface area contributed by atoms with Crippen LogP contribution in [-0.4, -0.2) is 41.4 Å². The molecule has 0 unspecified atom stereocenters. The Morgan fingerprint density at radius 1 is 1.18 bits per heavy atom. The highest BCUT2D eigenvalue weighted by Crippen LogP contribution is 2.28. The van der Waals surface area contributed by atoms with Crippen LogP contribution in [0.15, 0.2) is 0 Å². The van der Waals surface area contributed by atoms with Crippen LogP contribution in [0.5, 0.6) is 0 Å². The van der Waals surface area contributed by atoms with Crippen molar-refractivity contribution in [3.05, 3.63) is 0 Å². The Kier molecular flexibility index (Phi) is 7.47. The van der Waals surface area contributed by atoms with Gasteiger partial charge in [0.05, 0.1) is 6.04 Å². The van der Waals surface area contributed by atoms with Crippen molar-refractivity contribution in [2.24, 2.45) is 0 Å². The van der Waals surface area contributed by atoms with Crippen LogP contribution in [0.25, 0.3) is 0 Å². The van der Waals surface area contributed by atoms with Gasteiger partial charge in [-0.05, 0) is 19.3 Å². The van der Waals surface area contributed by atoms with Gasteiger partial charge in [0.25, 0.3) is 5.91 Å². The molecule has 0 aromatic carbocycles. The molecule has 7 nitrogen and oxygen atoms in total. The summed E-state index contributed by atoms with van der Waals surface area (Å²) >= 11 is 0. The third kappa shape index (κ3) is 4.51. The number of hydrogen-bond acceptors (Lipinski definition) is 5. The zero-order chi connectivity index (χ0) is 16.6. The van der Waals surface area contributed by atoms with E-state index in [-0.39, 0.29) is 0 Å². The van der Waals surface area contributed by atoms with Crippen molar-refractivity contribution in [2.75, 3.05) is 7.05 Å². The summed E-state index contributed by atoms with van der Waals surface area (Å²) in [5, 5.41) is 14.4. The normalized spacial score (nSPS) is 18.3. The lowest BCUT2D eigenvalue weighted by Gasteiger charge is -2.35. The Balaban J connectivity index is 2.80. The van der Waals surface area contributed by atoms with Gasteiger partial charge in [0.2, 0.25) is 11.7 Å². The Morgan fingerprint density at radius 3 is 2.32 bits per heavy atom. The van der Waals surface area contributed by atoms with Crippen LogP contribution in [-0.2, 0) is 14.4 Å². The summed E-state index contributed by atoms with van der Waals surface area (Å²) in [5.41, 5.74) is 1.09. The molecule has 0 aromatic rings. The van der Waals surface area contributed by atoms with Crippen molar-refractivity contribution < 1.29 is 19.6 Å². The van der Waals surface area contributed by atoms with E-state index in [0.29, 0.717) is 19.3 Å². The highest BCUT2D eigenvalue weighted by atomic mass is 16.5. The third-order valence-corrected chi connectivity index (χ3v) is 4.27. The first-order valence-corrected chi connectivity index (χ1v) is 7.99. The molecule has 1 aliphatic carbocycles. The van der Waals surface area contributed by atoms with Crippen LogP contribution in [0.3, 0.4) is 0 Å². The summed E-state index contributed by atoms with van der Waals surface area (Å²) in [7, 11) is 1.39. The molecule has 1 rings (SSSR count). The Morgan fingerprint density at radius 2 is 1.82 bits per heavy atom. The zero-order valence-electron chi connectivity index (χ0n) is 13.4. The SMILES string of the molecule is CCCC[C@H](NC(=O)C1(NO)CCCCC1)C(=O)C(=O)NC. The van der Waals surface area contributed by atoms with Crippen LogP contribution in [0, 0.1) is 0 Å². The monoisotopic (exact) mass is 313 g/mol. The van der Waals surface area contributed by atoms with Crippen molar-refractivity contribution >= 4 is 17.6 Å². The van der Waals surface area contributed by atoms with E-state index in [1.807, 2.05) is 6.92 Å². The second-order valence-corrected chi connectivity index (χ2v) is 5.87. The van der Waals surface area contributed by atoms with Crippen LogP contribution in [0.4, 0.5) is 0 Å². The lowest BCUT2D eigenvalue weighted by Crippen LogP contribution is -2.60. The highest BCUT2D eigenvalue weighted by molar-refractivity contribution is 6.38. The summed E-state index contributed by atoms with van der Waals surface area (Å²) in [6.45, 7) is 1.97. The van der Waals surface area contributed by atoms with Crippen LogP contribution < -0.4 is 16.1 Å². The van der Waals surface area contributed by atoms with E-state index in [1.165, 1.54) is 7.05 Å². The number of nitrogens with one attached hydrogen (secondary N) is 3. The summed E-state index contributed by atoms with van der Waals surface area (Å²) in [6.07, 6.45) is 5.73. The van der Waals surface area contributed by atoms with E-state index in [9.17, 15) is 19.6 Å². The number of Topliss-reactive ketones (excluding diaryl/α,β-unsaturated/α-hetero) is 1. The maximum absolute atomic E-state index is 12.5. The van der Waals surface area contributed by atoms with Gasteiger partial charge in [-0.15, -0.1) is 0 Å². The predicted molar refractivity (Wildman–Crippen MR) is 81.3 cm³/mol. The maximum Gasteiger partial charge on any atom is 0.289 e. The van der Waals surface area contributed by atoms with Crippen molar-refractivity contribution in [1.82, 2.24) is 16.1 Å². The lowest BCUT2D eigenvalue weighted by molar-refractivity contribution is -0.142. The summed E-state index contributed by atoms with van der Waals surface area (Å²) in [4.78, 5) is 36.2. The molecule has 1 fully saturated rings. The molecule has 1 atom stereocenters. The zero-order valence-corrected chi connectivity index (χ0v) is 13.4. The summed E-state index contributed by atoms with van der Waals surface area (Å²) in [6, 6.07) is -0.848. The van der Waals surface area contributed by atoms with Crippen molar-refractivity contribution in [1.29, 1.82) is 0 Å². The van der Waals surface area contributed by atoms with E-state index >= 15 is 0 Å². The van der Waals surface area contributed by atoms with Gasteiger partial charge in [-0.25, -0.2) is 0 Å². The van der Waals surface area contributed by atoms with Crippen molar-refractivity contribution in [3.8, 4) is 0 Å². The summed E-state index contributed by atoms with van der Waals surface area (Å²) in [5.74, 6) is -1.77. The number of carbonyl (C=O) groups is 3. The van der Waals surface area contributed by atoms with E-state index in [0.717, 1.165) is 32.1 Å². The Hall–Kier alpha value is -1.47. The van der Waals surface area contributed by atoms with Gasteiger partial charge in [-0.1, -0.05) is 39.0 Å². The van der Waals surface area contributed by atoms with Crippen LogP contribution in [0.2, 0.25) is 0 Å². The lowest BCUT2D eigenvalue weighted by atomic mass is 9.81. The molecule has 0 heterocycles. The van der Waals surface area contributed by atoms with Gasteiger partial charge in [-0.3, -0.25) is 14.4 Å². The number of hydrogen-bond donors (Lipinski definition) is 4. The molecule has 0 aliphatic heterocycles. The van der Waals surface area contributed by atoms with Crippen molar-refractivity contribution in [2.45, 2.75) is 69.9 Å². The molecule has 126 valence electrons. The molecule has 22 heavy (non-hydrogen) atoms. The van der Waals surface area contributed by atoms with E-state index in [4.69, 9.17) is 0 Å². The van der Waals surface area contributed by atoms with Gasteiger partial charge in [0, 0.05) is 7.05 Å². The molecular weight excluding hydrogens is 286 g/mol. The minimum Gasteiger partial charge on any atom is -0.353 e. The van der Waals surface area contributed by atoms with Gasteiger partial charge in [-0.2, -0.15) is 5.48 Å². The number of ketones is 1. The number of amides is 2. The van der Waals surface area contributed by atoms with E-state index in [1.54, 1.807) is 0 Å². The average molecular weight is 313 g/mol. The second-order valence-electron chi connectivity index (χ2n) is 5.87. The van der Waals surface area contributed by atoms with Gasteiger partial charge >= 0.3 is 0 Å². The minimum absolute atomic E-state index is 0.409. The molecule has 0 aromatic heterocycles. The van der Waals surface area contributed by atoms with Crippen LogP contribution >= 0.6 is 0 Å². The fraction of sp³-hybridized carbons (Fsp3) is 0.800.